The molecule has 2 unspecified atom stereocenters. The van der Waals surface area contributed by atoms with Crippen LogP contribution in [-0.4, -0.2) is 32.7 Å². The van der Waals surface area contributed by atoms with E-state index in [9.17, 15) is 4.79 Å². The highest BCUT2D eigenvalue weighted by molar-refractivity contribution is 5.67. The number of hydrogen-bond donors (Lipinski definition) is 2. The van der Waals surface area contributed by atoms with Gasteiger partial charge in [0, 0.05) is 31.0 Å². The molecule has 1 saturated carbocycles. The number of aryl methyl sites for hydroxylation is 3. The van der Waals surface area contributed by atoms with Gasteiger partial charge < -0.3 is 14.9 Å². The molecule has 0 aromatic carbocycles. The number of anilines is 1. The number of carbonyl (C=O) groups is 1. The molecule has 0 bridgehead atoms. The highest BCUT2D eigenvalue weighted by Crippen LogP contribution is 2.48. The molecule has 0 radical (unpaired) electrons. The lowest BCUT2D eigenvalue weighted by Crippen LogP contribution is -2.14. The van der Waals surface area contributed by atoms with Crippen LogP contribution < -0.4 is 5.32 Å². The average molecular weight is 342 g/mol. The molecule has 0 spiro atoms. The van der Waals surface area contributed by atoms with Gasteiger partial charge in [-0.15, -0.1) is 0 Å². The van der Waals surface area contributed by atoms with E-state index in [-0.39, 0.29) is 18.3 Å². The Balaban J connectivity index is 1.27. The van der Waals surface area contributed by atoms with Gasteiger partial charge in [-0.2, -0.15) is 4.98 Å². The van der Waals surface area contributed by atoms with Crippen molar-refractivity contribution in [2.45, 2.75) is 50.9 Å². The number of hydrogen-bond acceptors (Lipinski definition) is 6. The molecule has 2 atom stereocenters. The lowest BCUT2D eigenvalue weighted by Gasteiger charge is -2.17. The average Bonchev–Trinajstić information content (AvgIpc) is 3.19. The van der Waals surface area contributed by atoms with Crippen molar-refractivity contribution in [3.05, 3.63) is 35.1 Å². The summed E-state index contributed by atoms with van der Waals surface area (Å²) in [5, 5.41) is 16.2. The standard InChI is InChI=1S/C18H22N4O3/c23-16(24)10-12-9-14(12)18-21-15(22-25-18)5-1-4-13-7-6-11-3-2-8-19-17(11)20-13/h6-7,12,14H,1-5,8-10H2,(H,19,20)(H,23,24). The second-order valence-electron chi connectivity index (χ2n) is 6.94. The van der Waals surface area contributed by atoms with Gasteiger partial charge in [0.25, 0.3) is 0 Å². The van der Waals surface area contributed by atoms with Crippen LogP contribution in [0.25, 0.3) is 0 Å². The van der Waals surface area contributed by atoms with E-state index >= 15 is 0 Å². The van der Waals surface area contributed by atoms with E-state index in [4.69, 9.17) is 14.6 Å². The lowest BCUT2D eigenvalue weighted by molar-refractivity contribution is -0.137. The van der Waals surface area contributed by atoms with Crippen LogP contribution in [0.5, 0.6) is 0 Å². The largest absolute Gasteiger partial charge is 0.481 e. The van der Waals surface area contributed by atoms with E-state index in [1.54, 1.807) is 0 Å². The fraction of sp³-hybridized carbons (Fsp3) is 0.556. The van der Waals surface area contributed by atoms with Gasteiger partial charge in [0.1, 0.15) is 5.82 Å². The molecule has 1 fully saturated rings. The highest BCUT2D eigenvalue weighted by Gasteiger charge is 2.43. The number of carboxylic acids is 1. The molecule has 7 heteroatoms. The molecule has 2 aromatic rings. The molecule has 2 N–H and O–H groups in total. The van der Waals surface area contributed by atoms with Crippen LogP contribution in [0.15, 0.2) is 16.7 Å². The topological polar surface area (TPSA) is 101 Å². The fourth-order valence-corrected chi connectivity index (χ4v) is 3.46. The second-order valence-corrected chi connectivity index (χ2v) is 6.94. The zero-order valence-electron chi connectivity index (χ0n) is 14.1. The number of aliphatic carboxylic acids is 1. The Hall–Kier alpha value is -2.44. The molecule has 2 aromatic heterocycles. The van der Waals surface area contributed by atoms with E-state index in [0.717, 1.165) is 50.2 Å². The number of nitrogens with one attached hydrogen (secondary N) is 1. The quantitative estimate of drug-likeness (QED) is 0.797. The molecular weight excluding hydrogens is 320 g/mol. The molecular formula is C18H22N4O3. The third-order valence-electron chi connectivity index (χ3n) is 4.95. The predicted octanol–water partition coefficient (Wildman–Crippen LogP) is 2.58. The van der Waals surface area contributed by atoms with Crippen LogP contribution in [0.2, 0.25) is 0 Å². The second kappa shape index (κ2) is 6.82. The summed E-state index contributed by atoms with van der Waals surface area (Å²) in [6, 6.07) is 4.28. The van der Waals surface area contributed by atoms with Crippen LogP contribution in [-0.2, 0) is 24.1 Å². The van der Waals surface area contributed by atoms with Crippen LogP contribution in [0.4, 0.5) is 5.82 Å². The zero-order valence-corrected chi connectivity index (χ0v) is 14.1. The Bertz CT molecular complexity index is 773. The molecule has 1 aliphatic carbocycles. The maximum absolute atomic E-state index is 10.7. The van der Waals surface area contributed by atoms with Crippen molar-refractivity contribution in [2.24, 2.45) is 5.92 Å². The number of aromatic nitrogens is 3. The van der Waals surface area contributed by atoms with E-state index in [1.165, 1.54) is 12.0 Å². The summed E-state index contributed by atoms with van der Waals surface area (Å²) < 4.78 is 5.30. The zero-order chi connectivity index (χ0) is 17.2. The summed E-state index contributed by atoms with van der Waals surface area (Å²) >= 11 is 0. The van der Waals surface area contributed by atoms with Gasteiger partial charge >= 0.3 is 5.97 Å². The molecule has 1 aliphatic heterocycles. The molecule has 7 nitrogen and oxygen atoms in total. The first-order valence-corrected chi connectivity index (χ1v) is 8.96. The van der Waals surface area contributed by atoms with E-state index in [0.29, 0.717) is 11.7 Å². The van der Waals surface area contributed by atoms with Crippen molar-refractivity contribution in [2.75, 3.05) is 11.9 Å². The molecule has 25 heavy (non-hydrogen) atoms. The van der Waals surface area contributed by atoms with Crippen LogP contribution in [0.1, 0.15) is 54.6 Å². The summed E-state index contributed by atoms with van der Waals surface area (Å²) in [6.45, 7) is 0.999. The molecule has 132 valence electrons. The smallest absolute Gasteiger partial charge is 0.303 e. The SMILES string of the molecule is O=C(O)CC1CC1c1nc(CCCc2ccc3c(n2)NCCC3)no1. The molecule has 2 aliphatic rings. The van der Waals surface area contributed by atoms with Gasteiger partial charge in [-0.1, -0.05) is 11.2 Å². The Morgan fingerprint density at radius 2 is 2.24 bits per heavy atom. The summed E-state index contributed by atoms with van der Waals surface area (Å²) in [6.07, 6.45) is 5.82. The van der Waals surface area contributed by atoms with Crippen molar-refractivity contribution < 1.29 is 14.4 Å². The summed E-state index contributed by atoms with van der Waals surface area (Å²) in [4.78, 5) is 19.8. The van der Waals surface area contributed by atoms with Crippen molar-refractivity contribution in [1.82, 2.24) is 15.1 Å². The molecule has 3 heterocycles. The monoisotopic (exact) mass is 342 g/mol. The Kier molecular flexibility index (Phi) is 4.38. The minimum absolute atomic E-state index is 0.130. The minimum Gasteiger partial charge on any atom is -0.481 e. The number of fused-ring (bicyclic) bond motifs is 1. The third-order valence-corrected chi connectivity index (χ3v) is 4.95. The molecule has 0 saturated heterocycles. The first-order chi connectivity index (χ1) is 12.2. The van der Waals surface area contributed by atoms with E-state index in [1.807, 2.05) is 0 Å². The van der Waals surface area contributed by atoms with Gasteiger partial charge in [-0.3, -0.25) is 4.79 Å². The maximum Gasteiger partial charge on any atom is 0.303 e. The molecule has 0 amide bonds. The maximum atomic E-state index is 10.7. The van der Waals surface area contributed by atoms with Crippen molar-refractivity contribution in [1.29, 1.82) is 0 Å². The van der Waals surface area contributed by atoms with E-state index < -0.39 is 5.97 Å². The van der Waals surface area contributed by atoms with Crippen LogP contribution in [0.3, 0.4) is 0 Å². The van der Waals surface area contributed by atoms with Gasteiger partial charge in [0.15, 0.2) is 5.82 Å². The van der Waals surface area contributed by atoms with E-state index in [2.05, 4.69) is 27.6 Å². The summed E-state index contributed by atoms with van der Waals surface area (Å²) in [5.74, 6) is 1.84. The number of nitrogens with zero attached hydrogens (tertiary/aromatic N) is 3. The Morgan fingerprint density at radius 3 is 3.12 bits per heavy atom. The Morgan fingerprint density at radius 1 is 1.32 bits per heavy atom. The third kappa shape index (κ3) is 3.81. The van der Waals surface area contributed by atoms with Gasteiger partial charge in [-0.25, -0.2) is 4.98 Å². The van der Waals surface area contributed by atoms with Crippen molar-refractivity contribution >= 4 is 11.8 Å². The van der Waals surface area contributed by atoms with Crippen LogP contribution >= 0.6 is 0 Å². The number of carboxylic acid groups (broad SMARTS) is 1. The first kappa shape index (κ1) is 16.1. The van der Waals surface area contributed by atoms with Gasteiger partial charge in [0.05, 0.1) is 0 Å². The highest BCUT2D eigenvalue weighted by atomic mass is 16.5. The van der Waals surface area contributed by atoms with Gasteiger partial charge in [0.2, 0.25) is 5.89 Å². The minimum atomic E-state index is -0.765. The van der Waals surface area contributed by atoms with Crippen molar-refractivity contribution in [3.63, 3.8) is 0 Å². The van der Waals surface area contributed by atoms with Crippen LogP contribution in [0, 0.1) is 5.92 Å². The number of rotatable bonds is 7. The predicted molar refractivity (Wildman–Crippen MR) is 90.5 cm³/mol. The lowest BCUT2D eigenvalue weighted by atomic mass is 10.1. The van der Waals surface area contributed by atoms with Gasteiger partial charge in [-0.05, 0) is 49.7 Å². The normalized spacial score (nSPS) is 21.4. The summed E-state index contributed by atoms with van der Waals surface area (Å²) in [7, 11) is 0. The summed E-state index contributed by atoms with van der Waals surface area (Å²) in [5.41, 5.74) is 2.39. The fourth-order valence-electron chi connectivity index (χ4n) is 3.46. The molecule has 4 rings (SSSR count). The Labute approximate surface area is 145 Å². The first-order valence-electron chi connectivity index (χ1n) is 8.96. The van der Waals surface area contributed by atoms with Crippen molar-refractivity contribution in [3.8, 4) is 0 Å². The number of pyridine rings is 1.